The SMILES string of the molecule is CCN(Cc1ccc(Cl)s1)C(=O)c1cnn(C)c1C. The van der Waals surface area contributed by atoms with Gasteiger partial charge in [0.15, 0.2) is 0 Å². The summed E-state index contributed by atoms with van der Waals surface area (Å²) in [6, 6.07) is 3.81. The molecule has 0 bridgehead atoms. The van der Waals surface area contributed by atoms with Crippen LogP contribution in [0.1, 0.15) is 27.9 Å². The number of amides is 1. The van der Waals surface area contributed by atoms with Crippen LogP contribution >= 0.6 is 22.9 Å². The lowest BCUT2D eigenvalue weighted by atomic mass is 10.2. The Bertz CT molecular complexity index is 590. The molecule has 0 saturated carbocycles. The second-order valence-corrected chi connectivity index (χ2v) is 6.09. The first-order valence-corrected chi connectivity index (χ1v) is 7.24. The normalized spacial score (nSPS) is 10.7. The van der Waals surface area contributed by atoms with Crippen LogP contribution in [0.15, 0.2) is 18.3 Å². The zero-order valence-corrected chi connectivity index (χ0v) is 12.8. The van der Waals surface area contributed by atoms with Gasteiger partial charge in [0.1, 0.15) is 0 Å². The van der Waals surface area contributed by atoms with Gasteiger partial charge < -0.3 is 4.90 Å². The number of aryl methyl sites for hydroxylation is 1. The van der Waals surface area contributed by atoms with E-state index in [4.69, 9.17) is 11.6 Å². The van der Waals surface area contributed by atoms with E-state index in [1.165, 1.54) is 11.3 Å². The van der Waals surface area contributed by atoms with Crippen LogP contribution in [-0.2, 0) is 13.6 Å². The number of carbonyl (C=O) groups excluding carboxylic acids is 1. The van der Waals surface area contributed by atoms with Crippen molar-refractivity contribution in [2.45, 2.75) is 20.4 Å². The van der Waals surface area contributed by atoms with Gasteiger partial charge in [-0.25, -0.2) is 0 Å². The Balaban J connectivity index is 2.17. The van der Waals surface area contributed by atoms with E-state index in [1.807, 2.05) is 33.0 Å². The molecule has 2 rings (SSSR count). The van der Waals surface area contributed by atoms with Crippen molar-refractivity contribution in [2.75, 3.05) is 6.54 Å². The number of aromatic nitrogens is 2. The lowest BCUT2D eigenvalue weighted by Crippen LogP contribution is -2.30. The van der Waals surface area contributed by atoms with Gasteiger partial charge in [-0.2, -0.15) is 5.10 Å². The van der Waals surface area contributed by atoms with Gasteiger partial charge in [0.25, 0.3) is 5.91 Å². The molecule has 0 N–H and O–H groups in total. The Hall–Kier alpha value is -1.33. The third-order valence-electron chi connectivity index (χ3n) is 3.11. The Morgan fingerprint density at radius 1 is 1.53 bits per heavy atom. The number of rotatable bonds is 4. The first-order valence-electron chi connectivity index (χ1n) is 6.05. The summed E-state index contributed by atoms with van der Waals surface area (Å²) < 4.78 is 2.46. The summed E-state index contributed by atoms with van der Waals surface area (Å²) in [4.78, 5) is 15.3. The van der Waals surface area contributed by atoms with Gasteiger partial charge in [0.2, 0.25) is 0 Å². The molecule has 0 aliphatic heterocycles. The van der Waals surface area contributed by atoms with Gasteiger partial charge >= 0.3 is 0 Å². The summed E-state index contributed by atoms with van der Waals surface area (Å²) in [6.45, 7) is 5.11. The molecule has 6 heteroatoms. The monoisotopic (exact) mass is 297 g/mol. The Labute approximate surface area is 121 Å². The molecule has 2 heterocycles. The van der Waals surface area contributed by atoms with Crippen LogP contribution in [0.25, 0.3) is 0 Å². The van der Waals surface area contributed by atoms with Crippen molar-refractivity contribution < 1.29 is 4.79 Å². The molecule has 1 amide bonds. The van der Waals surface area contributed by atoms with Crippen LogP contribution in [0.2, 0.25) is 4.34 Å². The Morgan fingerprint density at radius 3 is 2.74 bits per heavy atom. The first-order chi connectivity index (χ1) is 9.02. The van der Waals surface area contributed by atoms with E-state index in [0.29, 0.717) is 18.7 Å². The van der Waals surface area contributed by atoms with Gasteiger partial charge in [-0.05, 0) is 26.0 Å². The van der Waals surface area contributed by atoms with Crippen LogP contribution in [0.4, 0.5) is 0 Å². The minimum absolute atomic E-state index is 0.0117. The van der Waals surface area contributed by atoms with E-state index in [1.54, 1.807) is 15.8 Å². The Kier molecular flexibility index (Phi) is 4.27. The lowest BCUT2D eigenvalue weighted by molar-refractivity contribution is 0.0753. The van der Waals surface area contributed by atoms with Crippen molar-refractivity contribution in [1.29, 1.82) is 0 Å². The maximum Gasteiger partial charge on any atom is 0.257 e. The second-order valence-electron chi connectivity index (χ2n) is 4.29. The van der Waals surface area contributed by atoms with Crippen molar-refractivity contribution in [3.63, 3.8) is 0 Å². The van der Waals surface area contributed by atoms with E-state index in [0.717, 1.165) is 14.9 Å². The maximum absolute atomic E-state index is 12.5. The molecule has 2 aromatic heterocycles. The molecule has 0 aliphatic rings. The molecule has 0 saturated heterocycles. The molecule has 19 heavy (non-hydrogen) atoms. The number of halogens is 1. The minimum atomic E-state index is 0.0117. The van der Waals surface area contributed by atoms with Gasteiger partial charge in [0.05, 0.1) is 22.6 Å². The molecule has 0 spiro atoms. The van der Waals surface area contributed by atoms with Gasteiger partial charge in [-0.3, -0.25) is 9.48 Å². The van der Waals surface area contributed by atoms with E-state index >= 15 is 0 Å². The molecule has 0 atom stereocenters. The summed E-state index contributed by atoms with van der Waals surface area (Å²) in [7, 11) is 1.83. The number of thiophene rings is 1. The molecule has 2 aromatic rings. The van der Waals surface area contributed by atoms with E-state index in [-0.39, 0.29) is 5.91 Å². The van der Waals surface area contributed by atoms with Crippen LogP contribution in [-0.4, -0.2) is 27.1 Å². The highest BCUT2D eigenvalue weighted by atomic mass is 35.5. The number of nitrogens with zero attached hydrogens (tertiary/aromatic N) is 3. The average molecular weight is 298 g/mol. The molecule has 0 aliphatic carbocycles. The number of hydrogen-bond acceptors (Lipinski definition) is 3. The summed E-state index contributed by atoms with van der Waals surface area (Å²) in [5.41, 5.74) is 1.54. The molecule has 0 radical (unpaired) electrons. The van der Waals surface area contributed by atoms with Crippen molar-refractivity contribution in [2.24, 2.45) is 7.05 Å². The van der Waals surface area contributed by atoms with Crippen molar-refractivity contribution in [3.8, 4) is 0 Å². The first kappa shape index (κ1) is 14.1. The predicted octanol–water partition coefficient (Wildman–Crippen LogP) is 3.11. The second kappa shape index (κ2) is 5.75. The van der Waals surface area contributed by atoms with Gasteiger partial charge in [0, 0.05) is 24.2 Å². The zero-order valence-electron chi connectivity index (χ0n) is 11.2. The van der Waals surface area contributed by atoms with Crippen molar-refractivity contribution >= 4 is 28.8 Å². The van der Waals surface area contributed by atoms with Crippen LogP contribution in [0.5, 0.6) is 0 Å². The van der Waals surface area contributed by atoms with E-state index in [2.05, 4.69) is 5.10 Å². The third kappa shape index (κ3) is 2.98. The molecule has 102 valence electrons. The van der Waals surface area contributed by atoms with Crippen LogP contribution < -0.4 is 0 Å². The molecular formula is C13H16ClN3OS. The standard InChI is InChI=1S/C13H16ClN3OS/c1-4-17(8-10-5-6-12(14)19-10)13(18)11-7-15-16(3)9(11)2/h5-7H,4,8H2,1-3H3. The zero-order chi connectivity index (χ0) is 14.0. The summed E-state index contributed by atoms with van der Waals surface area (Å²) >= 11 is 7.42. The third-order valence-corrected chi connectivity index (χ3v) is 4.33. The fourth-order valence-electron chi connectivity index (χ4n) is 1.83. The minimum Gasteiger partial charge on any atom is -0.334 e. The van der Waals surface area contributed by atoms with Crippen LogP contribution in [0.3, 0.4) is 0 Å². The maximum atomic E-state index is 12.5. The largest absolute Gasteiger partial charge is 0.334 e. The molecule has 0 fully saturated rings. The Morgan fingerprint density at radius 2 is 2.26 bits per heavy atom. The fraction of sp³-hybridized carbons (Fsp3) is 0.385. The van der Waals surface area contributed by atoms with Crippen LogP contribution in [0, 0.1) is 6.92 Å². The molecule has 0 aromatic carbocycles. The lowest BCUT2D eigenvalue weighted by Gasteiger charge is -2.19. The molecular weight excluding hydrogens is 282 g/mol. The fourth-order valence-corrected chi connectivity index (χ4v) is 2.93. The topological polar surface area (TPSA) is 38.1 Å². The highest BCUT2D eigenvalue weighted by Gasteiger charge is 2.19. The van der Waals surface area contributed by atoms with Gasteiger partial charge in [-0.15, -0.1) is 11.3 Å². The average Bonchev–Trinajstić information content (AvgIpc) is 2.94. The quantitative estimate of drug-likeness (QED) is 0.870. The molecule has 0 unspecified atom stereocenters. The number of hydrogen-bond donors (Lipinski definition) is 0. The highest BCUT2D eigenvalue weighted by Crippen LogP contribution is 2.23. The van der Waals surface area contributed by atoms with Gasteiger partial charge in [-0.1, -0.05) is 11.6 Å². The smallest absolute Gasteiger partial charge is 0.257 e. The molecule has 4 nitrogen and oxygen atoms in total. The summed E-state index contributed by atoms with van der Waals surface area (Å²) in [5, 5.41) is 4.12. The highest BCUT2D eigenvalue weighted by molar-refractivity contribution is 7.16. The summed E-state index contributed by atoms with van der Waals surface area (Å²) in [5.74, 6) is 0.0117. The van der Waals surface area contributed by atoms with E-state index < -0.39 is 0 Å². The van der Waals surface area contributed by atoms with E-state index in [9.17, 15) is 4.79 Å². The number of carbonyl (C=O) groups is 1. The van der Waals surface area contributed by atoms with Crippen molar-refractivity contribution in [1.82, 2.24) is 14.7 Å². The summed E-state index contributed by atoms with van der Waals surface area (Å²) in [6.07, 6.45) is 1.63. The predicted molar refractivity (Wildman–Crippen MR) is 77.7 cm³/mol. The van der Waals surface area contributed by atoms with Crippen molar-refractivity contribution in [3.05, 3.63) is 38.8 Å².